The summed E-state index contributed by atoms with van der Waals surface area (Å²) in [6.07, 6.45) is 2.46. The van der Waals surface area contributed by atoms with E-state index in [0.717, 1.165) is 25.1 Å². The second kappa shape index (κ2) is 5.39. The van der Waals surface area contributed by atoms with Gasteiger partial charge >= 0.3 is 5.97 Å². The number of aliphatic hydroxyl groups excluding tert-OH is 1. The molecule has 3 rings (SSSR count). The van der Waals surface area contributed by atoms with Crippen molar-refractivity contribution in [2.24, 2.45) is 16.8 Å². The Morgan fingerprint density at radius 3 is 2.82 bits per heavy atom. The lowest BCUT2D eigenvalue weighted by molar-refractivity contribution is -0.161. The molecule has 3 heterocycles. The molecule has 0 radical (unpaired) electrons. The van der Waals surface area contributed by atoms with Gasteiger partial charge in [-0.3, -0.25) is 9.79 Å². The lowest BCUT2D eigenvalue weighted by Crippen LogP contribution is -2.61. The first-order valence-electron chi connectivity index (χ1n) is 7.59. The molecule has 22 heavy (non-hydrogen) atoms. The molecule has 1 amide bonds. The molecule has 0 aromatic heterocycles. The fraction of sp³-hybridized carbons (Fsp3) is 0.667. The number of carbonyl (C=O) groups excluding carboxylic acids is 1. The van der Waals surface area contributed by atoms with E-state index in [4.69, 9.17) is 0 Å². The maximum absolute atomic E-state index is 12.2. The first kappa shape index (κ1) is 15.0. The third kappa shape index (κ3) is 2.11. The van der Waals surface area contributed by atoms with Crippen LogP contribution in [0, 0.1) is 11.8 Å². The van der Waals surface area contributed by atoms with Crippen LogP contribution in [0.5, 0.6) is 0 Å². The summed E-state index contributed by atoms with van der Waals surface area (Å²) in [7, 11) is 1.71. The quantitative estimate of drug-likeness (QED) is 0.430. The summed E-state index contributed by atoms with van der Waals surface area (Å²) >= 11 is 0. The molecule has 0 aromatic carbocycles. The predicted octanol–water partition coefficient (Wildman–Crippen LogP) is -0.0834. The van der Waals surface area contributed by atoms with Crippen LogP contribution in [0.2, 0.25) is 0 Å². The van der Waals surface area contributed by atoms with Crippen LogP contribution in [0.25, 0.3) is 0 Å². The van der Waals surface area contributed by atoms with Crippen LogP contribution in [0.4, 0.5) is 0 Å². The first-order valence-corrected chi connectivity index (χ1v) is 7.59. The zero-order valence-corrected chi connectivity index (χ0v) is 12.8. The molecule has 0 bridgehead atoms. The number of hydrogen-bond donors (Lipinski definition) is 2. The van der Waals surface area contributed by atoms with E-state index in [2.05, 4.69) is 9.89 Å². The standard InChI is InChI=1S/C15H21N3O4/c1-8(19)12-11-5-10(9-3-4-17(6-9)7-16-2)13(15(21)22)18(11)14(12)20/h7-9,11-12,19H,3-6H2,1-2H3,(H,21,22)/b16-7+/t8-,9+,11-,12-/m1/s1. The number of carbonyl (C=O) groups is 2. The molecule has 0 aromatic rings. The average Bonchev–Trinajstić information content (AvgIpc) is 3.00. The minimum absolute atomic E-state index is 0.136. The second-order valence-electron chi connectivity index (χ2n) is 6.28. The first-order chi connectivity index (χ1) is 10.5. The number of rotatable bonds is 4. The highest BCUT2D eigenvalue weighted by Gasteiger charge is 2.57. The number of fused-ring (bicyclic) bond motifs is 1. The van der Waals surface area contributed by atoms with E-state index in [1.807, 2.05) is 0 Å². The van der Waals surface area contributed by atoms with E-state index in [1.165, 1.54) is 4.90 Å². The number of β-lactam (4-membered cyclic amide) rings is 1. The van der Waals surface area contributed by atoms with Gasteiger partial charge < -0.3 is 20.0 Å². The summed E-state index contributed by atoms with van der Waals surface area (Å²) in [5.74, 6) is -1.64. The fourth-order valence-corrected chi connectivity index (χ4v) is 4.01. The Labute approximate surface area is 128 Å². The van der Waals surface area contributed by atoms with Gasteiger partial charge in [0.15, 0.2) is 0 Å². The van der Waals surface area contributed by atoms with Gasteiger partial charge in [-0.05, 0) is 25.3 Å². The molecule has 2 saturated heterocycles. The molecule has 3 aliphatic heterocycles. The Kier molecular flexibility index (Phi) is 3.68. The number of carboxylic acids is 1. The van der Waals surface area contributed by atoms with Gasteiger partial charge in [0.05, 0.1) is 24.4 Å². The Morgan fingerprint density at radius 2 is 2.23 bits per heavy atom. The van der Waals surface area contributed by atoms with Crippen molar-refractivity contribution >= 4 is 18.2 Å². The normalized spacial score (nSPS) is 32.7. The predicted molar refractivity (Wildman–Crippen MR) is 79.2 cm³/mol. The molecule has 0 saturated carbocycles. The number of aliphatic carboxylic acids is 1. The lowest BCUT2D eigenvalue weighted by atomic mass is 9.82. The third-order valence-electron chi connectivity index (χ3n) is 4.96. The Bertz CT molecular complexity index is 569. The monoisotopic (exact) mass is 307 g/mol. The molecule has 7 nitrogen and oxygen atoms in total. The maximum atomic E-state index is 12.2. The van der Waals surface area contributed by atoms with Gasteiger partial charge in [0.2, 0.25) is 5.91 Å². The molecular formula is C15H21N3O4. The van der Waals surface area contributed by atoms with E-state index < -0.39 is 18.0 Å². The minimum Gasteiger partial charge on any atom is -0.477 e. The number of amides is 1. The van der Waals surface area contributed by atoms with Gasteiger partial charge in [-0.2, -0.15) is 0 Å². The van der Waals surface area contributed by atoms with Crippen LogP contribution in [0.1, 0.15) is 19.8 Å². The molecule has 0 unspecified atom stereocenters. The zero-order chi connectivity index (χ0) is 16.0. The molecule has 0 aliphatic carbocycles. The largest absolute Gasteiger partial charge is 0.477 e. The van der Waals surface area contributed by atoms with Gasteiger partial charge in [-0.1, -0.05) is 0 Å². The lowest BCUT2D eigenvalue weighted by Gasteiger charge is -2.44. The number of nitrogens with zero attached hydrogens (tertiary/aromatic N) is 3. The van der Waals surface area contributed by atoms with Gasteiger partial charge in [0.1, 0.15) is 5.70 Å². The molecule has 2 N–H and O–H groups in total. The summed E-state index contributed by atoms with van der Waals surface area (Å²) in [5.41, 5.74) is 0.994. The van der Waals surface area contributed by atoms with Crippen molar-refractivity contribution in [1.29, 1.82) is 0 Å². The fourth-order valence-electron chi connectivity index (χ4n) is 4.01. The van der Waals surface area contributed by atoms with E-state index in [0.29, 0.717) is 6.42 Å². The Morgan fingerprint density at radius 1 is 1.50 bits per heavy atom. The second-order valence-corrected chi connectivity index (χ2v) is 6.28. The third-order valence-corrected chi connectivity index (χ3v) is 4.96. The molecule has 4 atom stereocenters. The number of hydrogen-bond acceptors (Lipinski definition) is 4. The van der Waals surface area contributed by atoms with Crippen LogP contribution in [-0.2, 0) is 9.59 Å². The van der Waals surface area contributed by atoms with Crippen LogP contribution in [0.15, 0.2) is 16.3 Å². The van der Waals surface area contributed by atoms with Crippen molar-refractivity contribution in [3.8, 4) is 0 Å². The topological polar surface area (TPSA) is 93.4 Å². The van der Waals surface area contributed by atoms with Crippen molar-refractivity contribution in [1.82, 2.24) is 9.80 Å². The summed E-state index contributed by atoms with van der Waals surface area (Å²) in [6, 6.07) is -0.192. The van der Waals surface area contributed by atoms with Gasteiger partial charge in [-0.25, -0.2) is 4.79 Å². The van der Waals surface area contributed by atoms with Gasteiger partial charge in [0.25, 0.3) is 0 Å². The molecule has 2 fully saturated rings. The summed E-state index contributed by atoms with van der Waals surface area (Å²) < 4.78 is 0. The van der Waals surface area contributed by atoms with E-state index >= 15 is 0 Å². The van der Waals surface area contributed by atoms with E-state index in [-0.39, 0.29) is 23.6 Å². The highest BCUT2D eigenvalue weighted by atomic mass is 16.4. The average molecular weight is 307 g/mol. The number of aliphatic imine (C=N–C) groups is 1. The summed E-state index contributed by atoms with van der Waals surface area (Å²) in [6.45, 7) is 3.17. The number of likely N-dealkylation sites (tertiary alicyclic amines) is 1. The molecular weight excluding hydrogens is 286 g/mol. The van der Waals surface area contributed by atoms with Crippen molar-refractivity contribution in [3.05, 3.63) is 11.3 Å². The Hall–Kier alpha value is -1.89. The van der Waals surface area contributed by atoms with Crippen LogP contribution in [0.3, 0.4) is 0 Å². The summed E-state index contributed by atoms with van der Waals surface area (Å²) in [4.78, 5) is 31.2. The highest BCUT2D eigenvalue weighted by Crippen LogP contribution is 2.47. The van der Waals surface area contributed by atoms with Crippen LogP contribution >= 0.6 is 0 Å². The maximum Gasteiger partial charge on any atom is 0.352 e. The SMILES string of the molecule is C/N=C/N1CC[C@H](C2=C(C(=O)O)N3C(=O)[C@H]([C@@H](C)O)[C@H]3C2)C1. The smallest absolute Gasteiger partial charge is 0.352 e. The van der Waals surface area contributed by atoms with E-state index in [9.17, 15) is 19.8 Å². The summed E-state index contributed by atoms with van der Waals surface area (Å²) in [5, 5.41) is 19.3. The van der Waals surface area contributed by atoms with E-state index in [1.54, 1.807) is 20.3 Å². The van der Waals surface area contributed by atoms with Crippen LogP contribution in [-0.4, -0.2) is 70.5 Å². The van der Waals surface area contributed by atoms with Crippen molar-refractivity contribution in [3.63, 3.8) is 0 Å². The number of carboxylic acid groups (broad SMARTS) is 1. The van der Waals surface area contributed by atoms with Crippen molar-refractivity contribution < 1.29 is 19.8 Å². The minimum atomic E-state index is -1.04. The molecule has 3 aliphatic rings. The number of aliphatic hydroxyl groups is 1. The van der Waals surface area contributed by atoms with Crippen LogP contribution < -0.4 is 0 Å². The van der Waals surface area contributed by atoms with Crippen molar-refractivity contribution in [2.75, 3.05) is 20.1 Å². The molecule has 0 spiro atoms. The van der Waals surface area contributed by atoms with Gasteiger partial charge in [0, 0.05) is 26.1 Å². The Balaban J connectivity index is 1.85. The van der Waals surface area contributed by atoms with Gasteiger partial charge in [-0.15, -0.1) is 0 Å². The van der Waals surface area contributed by atoms with Crippen molar-refractivity contribution in [2.45, 2.75) is 31.9 Å². The highest BCUT2D eigenvalue weighted by molar-refractivity contribution is 5.99. The molecule has 7 heteroatoms. The zero-order valence-electron chi connectivity index (χ0n) is 12.8. The molecule has 120 valence electrons.